The summed E-state index contributed by atoms with van der Waals surface area (Å²) >= 11 is 6.27. The highest BCUT2D eigenvalue weighted by atomic mass is 35.5. The molecule has 0 radical (unpaired) electrons. The van der Waals surface area contributed by atoms with Gasteiger partial charge in [0.15, 0.2) is 0 Å². The van der Waals surface area contributed by atoms with Crippen molar-refractivity contribution >= 4 is 17.2 Å². The molecule has 3 heteroatoms. The van der Waals surface area contributed by atoms with E-state index in [1.807, 2.05) is 0 Å². The van der Waals surface area contributed by atoms with Crippen molar-refractivity contribution < 1.29 is 4.74 Å². The molecule has 5 fully saturated rings. The van der Waals surface area contributed by atoms with E-state index < -0.39 is 0 Å². The molecule has 1 saturated heterocycles. The summed E-state index contributed by atoms with van der Waals surface area (Å²) in [6.45, 7) is 4.74. The maximum atomic E-state index is 6.27. The maximum Gasteiger partial charge on any atom is 0.119 e. The van der Waals surface area contributed by atoms with Crippen LogP contribution in [0.1, 0.15) is 81.8 Å². The maximum absolute atomic E-state index is 6.27. The van der Waals surface area contributed by atoms with Crippen LogP contribution in [-0.2, 0) is 0 Å². The standard InChI is InChI=1S/C33H42ClNO/c34-30-11-7-26(8-12-30)32(33-28-20-24-19-25(22-28)23-29(33)21-24)27-9-13-31(14-10-27)36-18-6-2-1-3-15-35-16-4-5-17-35/h7-14,24-25,28-29H,1-6,15-23H2. The lowest BCUT2D eigenvalue weighted by Crippen LogP contribution is -2.40. The zero-order valence-electron chi connectivity index (χ0n) is 21.8. The average molecular weight is 504 g/mol. The van der Waals surface area contributed by atoms with Gasteiger partial charge < -0.3 is 9.64 Å². The van der Waals surface area contributed by atoms with Gasteiger partial charge in [0.2, 0.25) is 0 Å². The molecule has 0 N–H and O–H groups in total. The summed E-state index contributed by atoms with van der Waals surface area (Å²) < 4.78 is 6.14. The fourth-order valence-electron chi connectivity index (χ4n) is 7.92. The Kier molecular flexibility index (Phi) is 7.72. The molecule has 0 atom stereocenters. The van der Waals surface area contributed by atoms with Gasteiger partial charge in [0.1, 0.15) is 5.75 Å². The van der Waals surface area contributed by atoms with Crippen molar-refractivity contribution in [1.29, 1.82) is 0 Å². The van der Waals surface area contributed by atoms with E-state index in [0.29, 0.717) is 0 Å². The first kappa shape index (κ1) is 24.6. The SMILES string of the molecule is Clc1ccc(C(=C2C3CC4CC(C3)CC2C4)c2ccc(OCCCCCCN3CCCC3)cc2)cc1. The Balaban J connectivity index is 1.10. The van der Waals surface area contributed by atoms with Crippen LogP contribution >= 0.6 is 11.6 Å². The Morgan fingerprint density at radius 2 is 1.31 bits per heavy atom. The van der Waals surface area contributed by atoms with Crippen LogP contribution in [-0.4, -0.2) is 31.1 Å². The van der Waals surface area contributed by atoms with E-state index in [-0.39, 0.29) is 0 Å². The van der Waals surface area contributed by atoms with Crippen LogP contribution in [0.2, 0.25) is 5.02 Å². The summed E-state index contributed by atoms with van der Waals surface area (Å²) in [5, 5.41) is 0.813. The van der Waals surface area contributed by atoms with E-state index in [4.69, 9.17) is 16.3 Å². The van der Waals surface area contributed by atoms with Crippen molar-refractivity contribution in [2.24, 2.45) is 23.7 Å². The number of nitrogens with zero attached hydrogens (tertiary/aromatic N) is 1. The quantitative estimate of drug-likeness (QED) is 0.301. The van der Waals surface area contributed by atoms with Crippen molar-refractivity contribution in [3.63, 3.8) is 0 Å². The molecule has 0 amide bonds. The number of unbranched alkanes of at least 4 members (excludes halogenated alkanes) is 3. The molecule has 5 aliphatic rings. The number of hydrogen-bond acceptors (Lipinski definition) is 2. The van der Waals surface area contributed by atoms with E-state index >= 15 is 0 Å². The Hall–Kier alpha value is -1.77. The number of benzene rings is 2. The zero-order valence-corrected chi connectivity index (χ0v) is 22.5. The highest BCUT2D eigenvalue weighted by Crippen LogP contribution is 2.58. The van der Waals surface area contributed by atoms with Gasteiger partial charge in [-0.3, -0.25) is 0 Å². The molecule has 2 nitrogen and oxygen atoms in total. The lowest BCUT2D eigenvalue weighted by Gasteiger charge is -2.52. The molecule has 1 aliphatic heterocycles. The highest BCUT2D eigenvalue weighted by Gasteiger charge is 2.46. The summed E-state index contributed by atoms with van der Waals surface area (Å²) in [6, 6.07) is 17.5. The molecule has 192 valence electrons. The summed E-state index contributed by atoms with van der Waals surface area (Å²) in [5.74, 6) is 4.49. The van der Waals surface area contributed by atoms with Gasteiger partial charge in [-0.2, -0.15) is 0 Å². The van der Waals surface area contributed by atoms with E-state index in [2.05, 4.69) is 53.4 Å². The van der Waals surface area contributed by atoms with Gasteiger partial charge in [0.05, 0.1) is 6.61 Å². The first-order chi connectivity index (χ1) is 17.7. The largest absolute Gasteiger partial charge is 0.494 e. The molecule has 36 heavy (non-hydrogen) atoms. The molecule has 0 spiro atoms. The van der Waals surface area contributed by atoms with Gasteiger partial charge in [-0.25, -0.2) is 0 Å². The molecule has 2 aromatic carbocycles. The Morgan fingerprint density at radius 1 is 0.722 bits per heavy atom. The third-order valence-corrected chi connectivity index (χ3v) is 9.67. The molecule has 4 saturated carbocycles. The Morgan fingerprint density at radius 3 is 1.94 bits per heavy atom. The monoisotopic (exact) mass is 503 g/mol. The Labute approximate surface area is 223 Å². The second-order valence-corrected chi connectivity index (χ2v) is 12.4. The minimum absolute atomic E-state index is 0.772. The third-order valence-electron chi connectivity index (χ3n) is 9.42. The van der Waals surface area contributed by atoms with Crippen LogP contribution in [0.4, 0.5) is 0 Å². The molecule has 0 unspecified atom stereocenters. The molecule has 2 aromatic rings. The van der Waals surface area contributed by atoms with Gasteiger partial charge in [-0.05, 0) is 142 Å². The second kappa shape index (κ2) is 11.3. The molecule has 1 heterocycles. The number of hydrogen-bond donors (Lipinski definition) is 0. The van der Waals surface area contributed by atoms with E-state index in [1.54, 1.807) is 5.57 Å². The number of ether oxygens (including phenoxy) is 1. The van der Waals surface area contributed by atoms with Crippen LogP contribution < -0.4 is 4.74 Å². The van der Waals surface area contributed by atoms with Gasteiger partial charge in [0, 0.05) is 5.02 Å². The lowest BCUT2D eigenvalue weighted by molar-refractivity contribution is 0.0705. The first-order valence-corrected chi connectivity index (χ1v) is 15.1. The predicted molar refractivity (Wildman–Crippen MR) is 151 cm³/mol. The minimum Gasteiger partial charge on any atom is -0.494 e. The van der Waals surface area contributed by atoms with Crippen molar-refractivity contribution in [1.82, 2.24) is 4.90 Å². The third kappa shape index (κ3) is 5.55. The average Bonchev–Trinajstić information content (AvgIpc) is 3.40. The normalized spacial score (nSPS) is 27.1. The van der Waals surface area contributed by atoms with Crippen molar-refractivity contribution in [3.05, 3.63) is 70.3 Å². The predicted octanol–water partition coefficient (Wildman–Crippen LogP) is 8.63. The smallest absolute Gasteiger partial charge is 0.119 e. The van der Waals surface area contributed by atoms with Crippen molar-refractivity contribution in [2.75, 3.05) is 26.2 Å². The number of likely N-dealkylation sites (tertiary alicyclic amines) is 1. The summed E-state index contributed by atoms with van der Waals surface area (Å²) in [4.78, 5) is 2.62. The zero-order chi connectivity index (χ0) is 24.3. The number of halogens is 1. The first-order valence-electron chi connectivity index (χ1n) is 14.7. The van der Waals surface area contributed by atoms with Crippen LogP contribution in [0.25, 0.3) is 5.57 Å². The van der Waals surface area contributed by atoms with Crippen LogP contribution in [0.3, 0.4) is 0 Å². The van der Waals surface area contributed by atoms with Gasteiger partial charge in [0.25, 0.3) is 0 Å². The highest BCUT2D eigenvalue weighted by molar-refractivity contribution is 6.30. The topological polar surface area (TPSA) is 12.5 Å². The van der Waals surface area contributed by atoms with E-state index in [9.17, 15) is 0 Å². The molecule has 4 aliphatic carbocycles. The van der Waals surface area contributed by atoms with Crippen LogP contribution in [0.15, 0.2) is 54.1 Å². The fraction of sp³-hybridized carbons (Fsp3) is 0.576. The van der Waals surface area contributed by atoms with Crippen LogP contribution in [0, 0.1) is 23.7 Å². The van der Waals surface area contributed by atoms with Gasteiger partial charge in [-0.15, -0.1) is 0 Å². The fourth-order valence-corrected chi connectivity index (χ4v) is 8.05. The summed E-state index contributed by atoms with van der Waals surface area (Å²) in [7, 11) is 0. The van der Waals surface area contributed by atoms with Gasteiger partial charge >= 0.3 is 0 Å². The van der Waals surface area contributed by atoms with Gasteiger partial charge in [-0.1, -0.05) is 54.3 Å². The van der Waals surface area contributed by atoms with Crippen LogP contribution in [0.5, 0.6) is 5.75 Å². The second-order valence-electron chi connectivity index (χ2n) is 12.0. The van der Waals surface area contributed by atoms with Crippen molar-refractivity contribution in [3.8, 4) is 5.75 Å². The van der Waals surface area contributed by atoms with E-state index in [0.717, 1.165) is 47.5 Å². The summed E-state index contributed by atoms with van der Waals surface area (Å²) in [6.07, 6.45) is 15.0. The number of rotatable bonds is 10. The van der Waals surface area contributed by atoms with E-state index in [1.165, 1.54) is 101 Å². The molecule has 0 aromatic heterocycles. The minimum atomic E-state index is 0.772. The molecule has 4 bridgehead atoms. The summed E-state index contributed by atoms with van der Waals surface area (Å²) in [5.41, 5.74) is 5.88. The molecular weight excluding hydrogens is 462 g/mol. The Bertz CT molecular complexity index is 1000. The molecular formula is C33H42ClNO. The lowest BCUT2D eigenvalue weighted by atomic mass is 9.53. The number of allylic oxidation sites excluding steroid dienone is 1. The molecule has 7 rings (SSSR count). The van der Waals surface area contributed by atoms with Crippen molar-refractivity contribution in [2.45, 2.75) is 70.6 Å².